The third-order valence-corrected chi connectivity index (χ3v) is 2.16. The Labute approximate surface area is 90.6 Å². The number of aliphatic hydroxyl groups is 1. The number of hydrogen-bond acceptors (Lipinski definition) is 3. The molecule has 3 N–H and O–H groups in total. The lowest BCUT2D eigenvalue weighted by Gasteiger charge is -2.19. The first-order valence-corrected chi connectivity index (χ1v) is 4.52. The van der Waals surface area contributed by atoms with Crippen molar-refractivity contribution in [1.82, 2.24) is 0 Å². The van der Waals surface area contributed by atoms with Crippen molar-refractivity contribution < 1.29 is 23.0 Å². The molecular weight excluding hydrogens is 223 g/mol. The van der Waals surface area contributed by atoms with E-state index in [1.165, 1.54) is 19.2 Å². The van der Waals surface area contributed by atoms with Crippen LogP contribution in [0.4, 0.5) is 13.2 Å². The predicted octanol–water partition coefficient (Wildman–Crippen LogP) is 1.71. The largest absolute Gasteiger partial charge is 0.496 e. The smallest absolute Gasteiger partial charge is 0.416 e. The van der Waals surface area contributed by atoms with Crippen molar-refractivity contribution in [3.8, 4) is 5.75 Å². The highest BCUT2D eigenvalue weighted by Crippen LogP contribution is 2.38. The number of halogens is 3. The van der Waals surface area contributed by atoms with Gasteiger partial charge in [-0.25, -0.2) is 0 Å². The average Bonchev–Trinajstić information content (AvgIpc) is 2.25. The molecule has 1 rings (SSSR count). The molecule has 1 aromatic carbocycles. The Morgan fingerprint density at radius 2 is 2.06 bits per heavy atom. The molecule has 1 atom stereocenters. The van der Waals surface area contributed by atoms with Gasteiger partial charge in [0.1, 0.15) is 5.75 Å². The fraction of sp³-hybridized carbons (Fsp3) is 0.400. The lowest BCUT2D eigenvalue weighted by molar-refractivity contribution is -0.138. The molecule has 1 aromatic rings. The molecule has 0 saturated carbocycles. The highest BCUT2D eigenvalue weighted by atomic mass is 19.4. The molecule has 0 amide bonds. The number of methoxy groups -OCH3 is 1. The van der Waals surface area contributed by atoms with Gasteiger partial charge in [-0.05, 0) is 12.1 Å². The van der Waals surface area contributed by atoms with Crippen molar-refractivity contribution in [3.05, 3.63) is 29.3 Å². The van der Waals surface area contributed by atoms with E-state index < -0.39 is 24.4 Å². The maximum absolute atomic E-state index is 12.7. The van der Waals surface area contributed by atoms with Gasteiger partial charge >= 0.3 is 6.18 Å². The molecule has 0 aliphatic carbocycles. The van der Waals surface area contributed by atoms with Crippen molar-refractivity contribution in [2.24, 2.45) is 5.73 Å². The van der Waals surface area contributed by atoms with E-state index in [0.717, 1.165) is 6.07 Å². The summed E-state index contributed by atoms with van der Waals surface area (Å²) in [5.41, 5.74) is 4.33. The van der Waals surface area contributed by atoms with Gasteiger partial charge in [-0.1, -0.05) is 6.07 Å². The summed E-state index contributed by atoms with van der Waals surface area (Å²) in [6.45, 7) is -0.580. The third kappa shape index (κ3) is 2.45. The van der Waals surface area contributed by atoms with Crippen LogP contribution >= 0.6 is 0 Å². The van der Waals surface area contributed by atoms with Crippen LogP contribution in [0.1, 0.15) is 17.2 Å². The topological polar surface area (TPSA) is 55.5 Å². The van der Waals surface area contributed by atoms with Crippen LogP contribution in [0.5, 0.6) is 5.75 Å². The number of nitrogens with two attached hydrogens (primary N) is 1. The van der Waals surface area contributed by atoms with Crippen molar-refractivity contribution >= 4 is 0 Å². The average molecular weight is 235 g/mol. The molecule has 0 aromatic heterocycles. The van der Waals surface area contributed by atoms with E-state index in [4.69, 9.17) is 15.6 Å². The Hall–Kier alpha value is -1.27. The van der Waals surface area contributed by atoms with Gasteiger partial charge in [0.15, 0.2) is 0 Å². The van der Waals surface area contributed by atoms with Gasteiger partial charge in [-0.3, -0.25) is 0 Å². The van der Waals surface area contributed by atoms with E-state index in [1.54, 1.807) is 0 Å². The van der Waals surface area contributed by atoms with Crippen molar-refractivity contribution in [2.75, 3.05) is 13.7 Å². The summed E-state index contributed by atoms with van der Waals surface area (Å²) >= 11 is 0. The fourth-order valence-corrected chi connectivity index (χ4v) is 1.44. The Balaban J connectivity index is 3.38. The van der Waals surface area contributed by atoms with Gasteiger partial charge in [0.25, 0.3) is 0 Å². The van der Waals surface area contributed by atoms with Crippen LogP contribution in [0.2, 0.25) is 0 Å². The quantitative estimate of drug-likeness (QED) is 0.838. The van der Waals surface area contributed by atoms with Crippen LogP contribution in [0, 0.1) is 0 Å². The molecule has 0 radical (unpaired) electrons. The molecule has 16 heavy (non-hydrogen) atoms. The molecule has 0 spiro atoms. The SMILES string of the molecule is COc1cccc(C(F)(F)F)c1C(N)CO. The van der Waals surface area contributed by atoms with E-state index in [9.17, 15) is 13.2 Å². The molecule has 0 saturated heterocycles. The maximum Gasteiger partial charge on any atom is 0.416 e. The van der Waals surface area contributed by atoms with Crippen LogP contribution in [-0.2, 0) is 6.18 Å². The van der Waals surface area contributed by atoms with Crippen molar-refractivity contribution in [3.63, 3.8) is 0 Å². The lowest BCUT2D eigenvalue weighted by Crippen LogP contribution is -2.21. The summed E-state index contributed by atoms with van der Waals surface area (Å²) in [7, 11) is 1.25. The first kappa shape index (κ1) is 12.8. The second-order valence-corrected chi connectivity index (χ2v) is 3.21. The second-order valence-electron chi connectivity index (χ2n) is 3.21. The fourth-order valence-electron chi connectivity index (χ4n) is 1.44. The summed E-state index contributed by atoms with van der Waals surface area (Å²) < 4.78 is 42.8. The number of rotatable bonds is 3. The van der Waals surface area contributed by atoms with Crippen LogP contribution in [-0.4, -0.2) is 18.8 Å². The van der Waals surface area contributed by atoms with Crippen molar-refractivity contribution in [2.45, 2.75) is 12.2 Å². The van der Waals surface area contributed by atoms with Crippen LogP contribution in [0.25, 0.3) is 0 Å². The molecule has 90 valence electrons. The summed E-state index contributed by atoms with van der Waals surface area (Å²) in [6.07, 6.45) is -4.52. The van der Waals surface area contributed by atoms with Crippen LogP contribution in [0.15, 0.2) is 18.2 Å². The van der Waals surface area contributed by atoms with Gasteiger partial charge < -0.3 is 15.6 Å². The van der Waals surface area contributed by atoms with E-state index in [1.807, 2.05) is 0 Å². The van der Waals surface area contributed by atoms with Gasteiger partial charge in [0.2, 0.25) is 0 Å². The van der Waals surface area contributed by atoms with Gasteiger partial charge in [0.05, 0.1) is 25.3 Å². The molecule has 1 unspecified atom stereocenters. The van der Waals surface area contributed by atoms with E-state index in [-0.39, 0.29) is 11.3 Å². The zero-order valence-electron chi connectivity index (χ0n) is 8.58. The van der Waals surface area contributed by atoms with E-state index in [2.05, 4.69) is 0 Å². The zero-order chi connectivity index (χ0) is 12.3. The standard InChI is InChI=1S/C10H12F3NO2/c1-16-8-4-2-3-6(10(11,12)13)9(8)7(14)5-15/h2-4,7,15H,5,14H2,1H3. The third-order valence-electron chi connectivity index (χ3n) is 2.16. The predicted molar refractivity (Wildman–Crippen MR) is 52.0 cm³/mol. The second kappa shape index (κ2) is 4.71. The van der Waals surface area contributed by atoms with Crippen molar-refractivity contribution in [1.29, 1.82) is 0 Å². The summed E-state index contributed by atoms with van der Waals surface area (Å²) in [4.78, 5) is 0. The minimum atomic E-state index is -4.52. The highest BCUT2D eigenvalue weighted by Gasteiger charge is 2.36. The first-order chi connectivity index (χ1) is 7.41. The van der Waals surface area contributed by atoms with Gasteiger partial charge in [-0.15, -0.1) is 0 Å². The van der Waals surface area contributed by atoms with Gasteiger partial charge in [-0.2, -0.15) is 13.2 Å². The number of hydrogen-bond donors (Lipinski definition) is 2. The summed E-state index contributed by atoms with van der Waals surface area (Å²) in [5.74, 6) is 0.0244. The van der Waals surface area contributed by atoms with E-state index in [0.29, 0.717) is 0 Å². The molecular formula is C10H12F3NO2. The van der Waals surface area contributed by atoms with Gasteiger partial charge in [0, 0.05) is 5.56 Å². The Morgan fingerprint density at radius 1 is 1.44 bits per heavy atom. The molecule has 0 aliphatic heterocycles. The molecule has 0 aliphatic rings. The number of aliphatic hydroxyl groups excluding tert-OH is 1. The normalized spacial score (nSPS) is 13.6. The number of benzene rings is 1. The van der Waals surface area contributed by atoms with Crippen LogP contribution < -0.4 is 10.5 Å². The molecule has 0 bridgehead atoms. The summed E-state index contributed by atoms with van der Waals surface area (Å²) in [6, 6.07) is 2.40. The Bertz CT molecular complexity index is 366. The monoisotopic (exact) mass is 235 g/mol. The van der Waals surface area contributed by atoms with E-state index >= 15 is 0 Å². The highest BCUT2D eigenvalue weighted by molar-refractivity contribution is 5.44. The summed E-state index contributed by atoms with van der Waals surface area (Å²) in [5, 5.41) is 8.85. The zero-order valence-corrected chi connectivity index (χ0v) is 8.58. The molecule has 0 fully saturated rings. The number of ether oxygens (including phenoxy) is 1. The lowest BCUT2D eigenvalue weighted by atomic mass is 9.99. The Kier molecular flexibility index (Phi) is 3.77. The van der Waals surface area contributed by atoms with Crippen LogP contribution in [0.3, 0.4) is 0 Å². The Morgan fingerprint density at radius 3 is 2.50 bits per heavy atom. The first-order valence-electron chi connectivity index (χ1n) is 4.52. The molecule has 6 heteroatoms. The molecule has 3 nitrogen and oxygen atoms in total. The minimum Gasteiger partial charge on any atom is -0.496 e. The molecule has 0 heterocycles. The minimum absolute atomic E-state index is 0.0244. The number of alkyl halides is 3. The maximum atomic E-state index is 12.7.